The van der Waals surface area contributed by atoms with Crippen molar-refractivity contribution >= 4 is 21.6 Å². The number of ether oxygens (including phenoxy) is 1. The summed E-state index contributed by atoms with van der Waals surface area (Å²) in [6.45, 7) is 3.96. The van der Waals surface area contributed by atoms with E-state index in [4.69, 9.17) is 4.74 Å². The molecule has 1 amide bonds. The molecule has 1 atom stereocenters. The SMILES string of the molecule is CCOc1ccc(S(=O)(=O)N[C@H](Cc2ccccc2)C(=O)N2CCN(c3ccccc3F)CC2)cc1. The fraction of sp³-hybridized carbons (Fsp3) is 0.296. The molecule has 1 aliphatic heterocycles. The topological polar surface area (TPSA) is 78.9 Å². The van der Waals surface area contributed by atoms with Crippen molar-refractivity contribution in [2.75, 3.05) is 37.7 Å². The van der Waals surface area contributed by atoms with Gasteiger partial charge in [-0.05, 0) is 55.3 Å². The minimum Gasteiger partial charge on any atom is -0.494 e. The standard InChI is InChI=1S/C27H30FN3O4S/c1-2-35-22-12-14-23(15-13-22)36(33,34)29-25(20-21-8-4-3-5-9-21)27(32)31-18-16-30(17-19-31)26-11-7-6-10-24(26)28/h3-15,25,29H,2,16-20H2,1H3/t25-/m1/s1. The molecule has 0 spiro atoms. The van der Waals surface area contributed by atoms with Gasteiger partial charge < -0.3 is 14.5 Å². The second kappa shape index (κ2) is 11.5. The van der Waals surface area contributed by atoms with Crippen molar-refractivity contribution < 1.29 is 22.3 Å². The van der Waals surface area contributed by atoms with Crippen LogP contribution in [0.2, 0.25) is 0 Å². The fourth-order valence-corrected chi connectivity index (χ4v) is 5.45. The first-order valence-corrected chi connectivity index (χ1v) is 13.4. The molecule has 1 N–H and O–H groups in total. The third kappa shape index (κ3) is 6.22. The summed E-state index contributed by atoms with van der Waals surface area (Å²) in [7, 11) is -3.97. The van der Waals surface area contributed by atoms with Crippen molar-refractivity contribution in [2.45, 2.75) is 24.3 Å². The van der Waals surface area contributed by atoms with E-state index >= 15 is 0 Å². The summed E-state index contributed by atoms with van der Waals surface area (Å²) in [5.41, 5.74) is 1.34. The number of amides is 1. The second-order valence-corrected chi connectivity index (χ2v) is 10.2. The smallest absolute Gasteiger partial charge is 0.241 e. The molecular formula is C27H30FN3O4S. The summed E-state index contributed by atoms with van der Waals surface area (Å²) in [4.78, 5) is 17.1. The monoisotopic (exact) mass is 511 g/mol. The lowest BCUT2D eigenvalue weighted by molar-refractivity contribution is -0.133. The van der Waals surface area contributed by atoms with Crippen LogP contribution >= 0.6 is 0 Å². The zero-order valence-corrected chi connectivity index (χ0v) is 21.0. The highest BCUT2D eigenvalue weighted by atomic mass is 32.2. The lowest BCUT2D eigenvalue weighted by atomic mass is 10.1. The molecule has 1 heterocycles. The summed E-state index contributed by atoms with van der Waals surface area (Å²) in [5, 5.41) is 0. The van der Waals surface area contributed by atoms with Crippen LogP contribution in [0.1, 0.15) is 12.5 Å². The number of benzene rings is 3. The first kappa shape index (κ1) is 25.7. The van der Waals surface area contributed by atoms with Crippen LogP contribution in [0.4, 0.5) is 10.1 Å². The predicted octanol–water partition coefficient (Wildman–Crippen LogP) is 3.46. The molecule has 0 saturated carbocycles. The van der Waals surface area contributed by atoms with Gasteiger partial charge in [-0.2, -0.15) is 4.72 Å². The Bertz CT molecular complexity index is 1260. The molecule has 1 saturated heterocycles. The number of hydrogen-bond donors (Lipinski definition) is 1. The molecule has 0 aliphatic carbocycles. The number of carbonyl (C=O) groups excluding carboxylic acids is 1. The lowest BCUT2D eigenvalue weighted by Crippen LogP contribution is -2.55. The molecule has 0 aromatic heterocycles. The van der Waals surface area contributed by atoms with Crippen molar-refractivity contribution in [1.29, 1.82) is 0 Å². The van der Waals surface area contributed by atoms with E-state index in [0.29, 0.717) is 44.2 Å². The Kier molecular flexibility index (Phi) is 8.22. The van der Waals surface area contributed by atoms with Crippen molar-refractivity contribution in [3.05, 3.63) is 90.2 Å². The quantitative estimate of drug-likeness (QED) is 0.476. The van der Waals surface area contributed by atoms with E-state index < -0.39 is 16.1 Å². The summed E-state index contributed by atoms with van der Waals surface area (Å²) < 4.78 is 48.6. The normalized spacial score (nSPS) is 14.9. The molecule has 190 valence electrons. The van der Waals surface area contributed by atoms with Crippen molar-refractivity contribution in [1.82, 2.24) is 9.62 Å². The highest BCUT2D eigenvalue weighted by Crippen LogP contribution is 2.21. The predicted molar refractivity (Wildman–Crippen MR) is 137 cm³/mol. The zero-order chi connectivity index (χ0) is 25.5. The van der Waals surface area contributed by atoms with Crippen molar-refractivity contribution in [2.24, 2.45) is 0 Å². The van der Waals surface area contributed by atoms with Crippen LogP contribution in [0, 0.1) is 5.82 Å². The van der Waals surface area contributed by atoms with E-state index in [1.54, 1.807) is 35.2 Å². The Labute approximate surface area is 211 Å². The van der Waals surface area contributed by atoms with Gasteiger partial charge in [0.05, 0.1) is 17.2 Å². The molecule has 9 heteroatoms. The van der Waals surface area contributed by atoms with E-state index in [1.807, 2.05) is 42.2 Å². The van der Waals surface area contributed by atoms with Gasteiger partial charge in [0.15, 0.2) is 0 Å². The van der Waals surface area contributed by atoms with Crippen LogP contribution in [0.25, 0.3) is 0 Å². The van der Waals surface area contributed by atoms with E-state index in [-0.39, 0.29) is 23.0 Å². The molecule has 0 bridgehead atoms. The maximum absolute atomic E-state index is 14.2. The molecule has 0 unspecified atom stereocenters. The van der Waals surface area contributed by atoms with Gasteiger partial charge in [-0.15, -0.1) is 0 Å². The number of nitrogens with zero attached hydrogens (tertiary/aromatic N) is 2. The number of sulfonamides is 1. The van der Waals surface area contributed by atoms with Crippen molar-refractivity contribution in [3.63, 3.8) is 0 Å². The molecule has 7 nitrogen and oxygen atoms in total. The van der Waals surface area contributed by atoms with Crippen molar-refractivity contribution in [3.8, 4) is 5.75 Å². The number of nitrogens with one attached hydrogen (secondary N) is 1. The largest absolute Gasteiger partial charge is 0.494 e. The van der Waals surface area contributed by atoms with Gasteiger partial charge in [0.25, 0.3) is 0 Å². The number of halogens is 1. The van der Waals surface area contributed by atoms with Gasteiger partial charge in [0.1, 0.15) is 17.6 Å². The molecule has 1 aliphatic rings. The first-order valence-electron chi connectivity index (χ1n) is 11.9. The first-order chi connectivity index (χ1) is 17.4. The summed E-state index contributed by atoms with van der Waals surface area (Å²) in [5.74, 6) is -0.0371. The number of piperazine rings is 1. The molecule has 3 aromatic carbocycles. The van der Waals surface area contributed by atoms with Gasteiger partial charge in [-0.1, -0.05) is 42.5 Å². The molecule has 3 aromatic rings. The van der Waals surface area contributed by atoms with Crippen LogP contribution in [-0.4, -0.2) is 58.1 Å². The van der Waals surface area contributed by atoms with Gasteiger partial charge in [-0.3, -0.25) is 4.79 Å². The van der Waals surface area contributed by atoms with Crippen LogP contribution in [-0.2, 0) is 21.2 Å². The number of anilines is 1. The molecule has 0 radical (unpaired) electrons. The number of carbonyl (C=O) groups is 1. The second-order valence-electron chi connectivity index (χ2n) is 8.53. The van der Waals surface area contributed by atoms with Gasteiger partial charge in [0, 0.05) is 26.2 Å². The highest BCUT2D eigenvalue weighted by molar-refractivity contribution is 7.89. The maximum Gasteiger partial charge on any atom is 0.241 e. The number of hydrogen-bond acceptors (Lipinski definition) is 5. The summed E-state index contributed by atoms with van der Waals surface area (Å²) >= 11 is 0. The van der Waals surface area contributed by atoms with Gasteiger partial charge in [-0.25, -0.2) is 12.8 Å². The summed E-state index contributed by atoms with van der Waals surface area (Å²) in [6, 6.07) is 21.0. The fourth-order valence-electron chi connectivity index (χ4n) is 4.26. The van der Waals surface area contributed by atoms with E-state index in [0.717, 1.165) is 5.56 Å². The third-order valence-electron chi connectivity index (χ3n) is 6.11. The minimum atomic E-state index is -3.97. The molecular weight excluding hydrogens is 481 g/mol. The molecule has 36 heavy (non-hydrogen) atoms. The highest BCUT2D eigenvalue weighted by Gasteiger charge is 2.31. The Morgan fingerprint density at radius 1 is 0.944 bits per heavy atom. The zero-order valence-electron chi connectivity index (χ0n) is 20.1. The van der Waals surface area contributed by atoms with Gasteiger partial charge in [0.2, 0.25) is 15.9 Å². The minimum absolute atomic E-state index is 0.0567. The Balaban J connectivity index is 1.50. The van der Waals surface area contributed by atoms with Crippen LogP contribution in [0.15, 0.2) is 83.8 Å². The van der Waals surface area contributed by atoms with Gasteiger partial charge >= 0.3 is 0 Å². The maximum atomic E-state index is 14.2. The van der Waals surface area contributed by atoms with E-state index in [2.05, 4.69) is 4.72 Å². The lowest BCUT2D eigenvalue weighted by Gasteiger charge is -2.37. The average Bonchev–Trinajstić information content (AvgIpc) is 2.89. The Hall–Kier alpha value is -3.43. The van der Waals surface area contributed by atoms with Crippen LogP contribution < -0.4 is 14.4 Å². The van der Waals surface area contributed by atoms with E-state index in [1.165, 1.54) is 18.2 Å². The third-order valence-corrected chi connectivity index (χ3v) is 7.60. The van der Waals surface area contributed by atoms with Crippen LogP contribution in [0.5, 0.6) is 5.75 Å². The average molecular weight is 512 g/mol. The molecule has 1 fully saturated rings. The number of rotatable bonds is 9. The Morgan fingerprint density at radius 3 is 2.22 bits per heavy atom. The Morgan fingerprint density at radius 2 is 1.58 bits per heavy atom. The van der Waals surface area contributed by atoms with E-state index in [9.17, 15) is 17.6 Å². The summed E-state index contributed by atoms with van der Waals surface area (Å²) in [6.07, 6.45) is 0.212. The number of para-hydroxylation sites is 1. The molecule has 4 rings (SSSR count). The van der Waals surface area contributed by atoms with Crippen LogP contribution in [0.3, 0.4) is 0 Å².